The molecule has 0 saturated heterocycles. The number of carbonyl (C=O) groups excluding carboxylic acids is 2. The number of carbonyl (C=O) groups is 2. The summed E-state index contributed by atoms with van der Waals surface area (Å²) in [6, 6.07) is 18.2. The minimum Gasteiger partial charge on any atom is -0.331 e. The summed E-state index contributed by atoms with van der Waals surface area (Å²) in [4.78, 5) is 25.5. The summed E-state index contributed by atoms with van der Waals surface area (Å²) in [5.74, 6) is -0.556. The highest BCUT2D eigenvalue weighted by Crippen LogP contribution is 2.33. The van der Waals surface area contributed by atoms with Crippen LogP contribution in [0.3, 0.4) is 0 Å². The summed E-state index contributed by atoms with van der Waals surface area (Å²) >= 11 is 12.9. The van der Waals surface area contributed by atoms with E-state index in [9.17, 15) is 9.59 Å². The maximum absolute atomic E-state index is 12.9. The molecule has 0 radical (unpaired) electrons. The average molecular weight is 586 g/mol. The van der Waals surface area contributed by atoms with Crippen molar-refractivity contribution in [1.82, 2.24) is 0 Å². The number of rotatable bonds is 14. The molecule has 40 heavy (non-hydrogen) atoms. The Morgan fingerprint density at radius 2 is 1.10 bits per heavy atom. The number of hydrogen-bond acceptors (Lipinski definition) is 2. The van der Waals surface area contributed by atoms with Gasteiger partial charge in [0, 0.05) is 12.6 Å². The molecule has 0 spiro atoms. The molecule has 0 atom stereocenters. The highest BCUT2D eigenvalue weighted by Gasteiger charge is 2.14. The van der Waals surface area contributed by atoms with Gasteiger partial charge in [0.15, 0.2) is 0 Å². The number of unbranched alkanes of at least 4 members (excludes halogenated alkanes) is 5. The maximum atomic E-state index is 12.9. The lowest BCUT2D eigenvalue weighted by atomic mass is 10.0. The SMILES string of the molecule is CCc1ccc(C(=O)Nc2cc(Cl)c(NC(=O)c3ccc(CCCCCCCC[N+](C)(C)C)cc3)cc2Cl)cc1.[HH]. The molecule has 216 valence electrons. The van der Waals surface area contributed by atoms with Crippen molar-refractivity contribution in [3.63, 3.8) is 0 Å². The number of aryl methyl sites for hydroxylation is 2. The van der Waals surface area contributed by atoms with Crippen LogP contribution in [0.15, 0.2) is 60.7 Å². The van der Waals surface area contributed by atoms with E-state index in [0.717, 1.165) is 29.3 Å². The molecule has 3 aromatic carbocycles. The molecule has 0 bridgehead atoms. The lowest BCUT2D eigenvalue weighted by Crippen LogP contribution is -2.35. The van der Waals surface area contributed by atoms with Crippen molar-refractivity contribution in [3.05, 3.63) is 93.0 Å². The molecular formula is C33H44Cl2N3O2+. The van der Waals surface area contributed by atoms with E-state index in [-0.39, 0.29) is 23.3 Å². The molecule has 0 heterocycles. The van der Waals surface area contributed by atoms with E-state index < -0.39 is 0 Å². The Morgan fingerprint density at radius 3 is 1.55 bits per heavy atom. The van der Waals surface area contributed by atoms with Crippen LogP contribution in [0.5, 0.6) is 0 Å². The van der Waals surface area contributed by atoms with E-state index in [1.165, 1.54) is 44.2 Å². The fourth-order valence-electron chi connectivity index (χ4n) is 4.46. The van der Waals surface area contributed by atoms with E-state index in [0.29, 0.717) is 22.5 Å². The largest absolute Gasteiger partial charge is 0.331 e. The zero-order valence-electron chi connectivity index (χ0n) is 24.2. The van der Waals surface area contributed by atoms with Crippen molar-refractivity contribution < 1.29 is 15.5 Å². The number of anilines is 2. The summed E-state index contributed by atoms with van der Waals surface area (Å²) in [7, 11) is 6.73. The highest BCUT2D eigenvalue weighted by molar-refractivity contribution is 6.38. The predicted molar refractivity (Wildman–Crippen MR) is 171 cm³/mol. The normalized spacial score (nSPS) is 11.3. The smallest absolute Gasteiger partial charge is 0.255 e. The number of nitrogens with zero attached hydrogens (tertiary/aromatic N) is 1. The van der Waals surface area contributed by atoms with E-state index in [2.05, 4.69) is 38.7 Å². The molecule has 3 rings (SSSR count). The number of quaternary nitrogens is 1. The van der Waals surface area contributed by atoms with Gasteiger partial charge in [-0.2, -0.15) is 0 Å². The minimum absolute atomic E-state index is 0. The van der Waals surface area contributed by atoms with Crippen molar-refractivity contribution in [2.75, 3.05) is 38.3 Å². The Kier molecular flexibility index (Phi) is 12.1. The Bertz CT molecular complexity index is 1270. The number of benzene rings is 3. The number of halogens is 2. The van der Waals surface area contributed by atoms with Gasteiger partial charge < -0.3 is 15.1 Å². The van der Waals surface area contributed by atoms with Crippen molar-refractivity contribution in [2.45, 2.75) is 58.3 Å². The van der Waals surface area contributed by atoms with Gasteiger partial charge in [0.2, 0.25) is 0 Å². The first-order chi connectivity index (χ1) is 19.1. The lowest BCUT2D eigenvalue weighted by Gasteiger charge is -2.23. The Hall–Kier alpha value is -2.86. The van der Waals surface area contributed by atoms with Crippen LogP contribution in [0.4, 0.5) is 11.4 Å². The Morgan fingerprint density at radius 1 is 0.675 bits per heavy atom. The fraction of sp³-hybridized carbons (Fsp3) is 0.394. The van der Waals surface area contributed by atoms with Gasteiger partial charge in [0.25, 0.3) is 11.8 Å². The van der Waals surface area contributed by atoms with Gasteiger partial charge in [-0.3, -0.25) is 9.59 Å². The van der Waals surface area contributed by atoms with Crippen LogP contribution in [0.2, 0.25) is 10.0 Å². The molecule has 7 heteroatoms. The van der Waals surface area contributed by atoms with Gasteiger partial charge in [-0.15, -0.1) is 0 Å². The number of nitrogens with one attached hydrogen (secondary N) is 2. The average Bonchev–Trinajstić information content (AvgIpc) is 2.92. The van der Waals surface area contributed by atoms with Crippen LogP contribution in [0.1, 0.15) is 78.7 Å². The van der Waals surface area contributed by atoms with Crippen molar-refractivity contribution >= 4 is 46.4 Å². The molecule has 0 aromatic heterocycles. The molecule has 0 fully saturated rings. The predicted octanol–water partition coefficient (Wildman–Crippen LogP) is 8.90. The second kappa shape index (κ2) is 15.2. The lowest BCUT2D eigenvalue weighted by molar-refractivity contribution is -0.870. The molecule has 3 aromatic rings. The van der Waals surface area contributed by atoms with Gasteiger partial charge in [-0.05, 0) is 79.6 Å². The first-order valence-electron chi connectivity index (χ1n) is 14.2. The highest BCUT2D eigenvalue weighted by atomic mass is 35.5. The molecule has 0 aliphatic heterocycles. The monoisotopic (exact) mass is 584 g/mol. The molecular weight excluding hydrogens is 541 g/mol. The topological polar surface area (TPSA) is 58.2 Å². The van der Waals surface area contributed by atoms with Gasteiger partial charge in [-0.1, -0.05) is 73.7 Å². The van der Waals surface area contributed by atoms with Gasteiger partial charge in [0.1, 0.15) is 0 Å². The second-order valence-electron chi connectivity index (χ2n) is 11.4. The van der Waals surface area contributed by atoms with Gasteiger partial charge in [0.05, 0.1) is 49.1 Å². The zero-order chi connectivity index (χ0) is 29.1. The standard InChI is InChI=1S/C33H41Cl2N3O2.H2/c1-5-24-13-17-26(18-14-24)32(39)36-30-22-29(35)31(23-28(30)34)37-33(40)27-19-15-25(16-20-27)12-10-8-6-7-9-11-21-38(2,3)4;/h13-20,22-23H,5-12,21H2,1-4H3,(H-,36,37,39,40);1H/p+1. The summed E-state index contributed by atoms with van der Waals surface area (Å²) in [5.41, 5.74) is 4.21. The Balaban J connectivity index is 0.00000588. The van der Waals surface area contributed by atoms with E-state index in [1.807, 2.05) is 36.4 Å². The van der Waals surface area contributed by atoms with Crippen molar-refractivity contribution in [2.24, 2.45) is 0 Å². The maximum Gasteiger partial charge on any atom is 0.255 e. The van der Waals surface area contributed by atoms with Crippen LogP contribution in [-0.4, -0.2) is 44.0 Å². The molecule has 0 unspecified atom stereocenters. The first-order valence-corrected chi connectivity index (χ1v) is 14.9. The van der Waals surface area contributed by atoms with Crippen LogP contribution in [0.25, 0.3) is 0 Å². The van der Waals surface area contributed by atoms with Gasteiger partial charge >= 0.3 is 0 Å². The zero-order valence-corrected chi connectivity index (χ0v) is 25.7. The van der Waals surface area contributed by atoms with Crippen LogP contribution >= 0.6 is 23.2 Å². The summed E-state index contributed by atoms with van der Waals surface area (Å²) in [5, 5.41) is 6.18. The molecule has 2 N–H and O–H groups in total. The van der Waals surface area contributed by atoms with Crippen molar-refractivity contribution in [3.8, 4) is 0 Å². The molecule has 0 aliphatic carbocycles. The second-order valence-corrected chi connectivity index (χ2v) is 12.2. The molecule has 0 aliphatic rings. The molecule has 5 nitrogen and oxygen atoms in total. The van der Waals surface area contributed by atoms with Crippen LogP contribution < -0.4 is 10.6 Å². The van der Waals surface area contributed by atoms with Crippen LogP contribution in [-0.2, 0) is 12.8 Å². The summed E-state index contributed by atoms with van der Waals surface area (Å²) in [6.45, 7) is 3.29. The third kappa shape index (κ3) is 10.3. The van der Waals surface area contributed by atoms with Crippen LogP contribution in [0, 0.1) is 0 Å². The van der Waals surface area contributed by atoms with Gasteiger partial charge in [-0.25, -0.2) is 0 Å². The van der Waals surface area contributed by atoms with Crippen molar-refractivity contribution in [1.29, 1.82) is 0 Å². The first kappa shape index (κ1) is 31.7. The summed E-state index contributed by atoms with van der Waals surface area (Å²) < 4.78 is 1.04. The van der Waals surface area contributed by atoms with E-state index in [1.54, 1.807) is 24.3 Å². The van der Waals surface area contributed by atoms with E-state index >= 15 is 0 Å². The van der Waals surface area contributed by atoms with E-state index in [4.69, 9.17) is 23.2 Å². The number of amides is 2. The molecule has 0 saturated carbocycles. The number of hydrogen-bond donors (Lipinski definition) is 2. The third-order valence-electron chi connectivity index (χ3n) is 6.94. The fourth-order valence-corrected chi connectivity index (χ4v) is 4.89. The Labute approximate surface area is 251 Å². The third-order valence-corrected chi connectivity index (χ3v) is 7.56. The quantitative estimate of drug-likeness (QED) is 0.147. The molecule has 2 amide bonds. The summed E-state index contributed by atoms with van der Waals surface area (Å²) in [6.07, 6.45) is 9.46. The minimum atomic E-state index is -0.284.